The van der Waals surface area contributed by atoms with E-state index in [9.17, 15) is 29.1 Å². The van der Waals surface area contributed by atoms with E-state index in [0.29, 0.717) is 29.8 Å². The number of carbonyl (C=O) groups excluding carboxylic acids is 5. The molecule has 0 saturated carbocycles. The fraction of sp³-hybridized carbons (Fsp3) is 0.600. The highest BCUT2D eigenvalue weighted by Gasteiger charge is 2.41. The Kier molecular flexibility index (Phi) is 13.5. The number of nitrogens with one attached hydrogen (secondary N) is 2. The Bertz CT molecular complexity index is 1440. The number of esters is 1. The maximum Gasteiger partial charge on any atom is 0.311 e. The first-order valence-corrected chi connectivity index (χ1v) is 17.6. The number of aromatic nitrogens is 1. The highest BCUT2D eigenvalue weighted by Crippen LogP contribution is 2.25. The number of thiazole rings is 1. The molecule has 7 atom stereocenters. The van der Waals surface area contributed by atoms with Crippen molar-refractivity contribution in [3.05, 3.63) is 45.9 Å². The zero-order valence-corrected chi connectivity index (χ0v) is 30.3. The van der Waals surface area contributed by atoms with E-state index < -0.39 is 71.7 Å². The molecule has 0 saturated heterocycles. The summed E-state index contributed by atoms with van der Waals surface area (Å²) in [6.45, 7) is 12.7. The van der Waals surface area contributed by atoms with E-state index in [0.717, 1.165) is 0 Å². The van der Waals surface area contributed by atoms with Crippen molar-refractivity contribution in [1.82, 2.24) is 25.4 Å². The summed E-state index contributed by atoms with van der Waals surface area (Å²) in [4.78, 5) is 76.6. The van der Waals surface area contributed by atoms with Crippen molar-refractivity contribution in [2.24, 2.45) is 17.8 Å². The molecule has 1 aliphatic rings. The average Bonchev–Trinajstić information content (AvgIpc) is 3.55. The number of likely N-dealkylation sites (N-methyl/N-ethyl adjacent to an activating group) is 2. The number of phenols is 1. The monoisotopic (exact) mass is 685 g/mol. The molecule has 0 aliphatic carbocycles. The molecule has 7 unspecified atom stereocenters. The summed E-state index contributed by atoms with van der Waals surface area (Å²) in [6.07, 6.45) is 0.549. The highest BCUT2D eigenvalue weighted by atomic mass is 32.1. The first-order chi connectivity index (χ1) is 22.6. The second-order valence-electron chi connectivity index (χ2n) is 13.2. The van der Waals surface area contributed by atoms with E-state index in [4.69, 9.17) is 4.74 Å². The lowest BCUT2D eigenvalue weighted by Crippen LogP contribution is -2.58. The van der Waals surface area contributed by atoms with Crippen LogP contribution in [0.3, 0.4) is 0 Å². The fourth-order valence-corrected chi connectivity index (χ4v) is 6.68. The summed E-state index contributed by atoms with van der Waals surface area (Å²) in [7, 11) is 3.04. The van der Waals surface area contributed by atoms with Gasteiger partial charge >= 0.3 is 5.97 Å². The van der Waals surface area contributed by atoms with Crippen LogP contribution in [0.2, 0.25) is 0 Å². The van der Waals surface area contributed by atoms with E-state index in [2.05, 4.69) is 15.6 Å². The molecule has 3 rings (SSSR count). The van der Waals surface area contributed by atoms with Crippen molar-refractivity contribution < 1.29 is 33.8 Å². The van der Waals surface area contributed by atoms with Crippen molar-refractivity contribution in [2.45, 2.75) is 104 Å². The first kappa shape index (κ1) is 38.4. The number of hydrogen-bond donors (Lipinski definition) is 3. The van der Waals surface area contributed by atoms with Gasteiger partial charge in [-0.3, -0.25) is 24.0 Å². The van der Waals surface area contributed by atoms with Crippen LogP contribution in [0.25, 0.3) is 0 Å². The van der Waals surface area contributed by atoms with Gasteiger partial charge in [-0.05, 0) is 50.3 Å². The van der Waals surface area contributed by atoms with Crippen LogP contribution in [0, 0.1) is 17.8 Å². The Morgan fingerprint density at radius 3 is 2.19 bits per heavy atom. The van der Waals surface area contributed by atoms with Gasteiger partial charge in [-0.2, -0.15) is 0 Å². The molecule has 0 spiro atoms. The minimum atomic E-state index is -1.21. The van der Waals surface area contributed by atoms with Crippen LogP contribution in [0.4, 0.5) is 0 Å². The molecular weight excluding hydrogens is 634 g/mol. The second-order valence-corrected chi connectivity index (χ2v) is 14.1. The third kappa shape index (κ3) is 9.12. The number of aromatic hydroxyl groups is 1. The van der Waals surface area contributed by atoms with Crippen LogP contribution in [0.15, 0.2) is 29.6 Å². The quantitative estimate of drug-likeness (QED) is 0.368. The largest absolute Gasteiger partial charge is 0.508 e. The maximum atomic E-state index is 14.4. The van der Waals surface area contributed by atoms with Crippen LogP contribution in [0.5, 0.6) is 5.75 Å². The Balaban J connectivity index is 2.15. The summed E-state index contributed by atoms with van der Waals surface area (Å²) in [5.41, 5.74) is 0.843. The maximum absolute atomic E-state index is 14.4. The van der Waals surface area contributed by atoms with Crippen LogP contribution in [0.1, 0.15) is 94.8 Å². The van der Waals surface area contributed by atoms with Gasteiger partial charge in [-0.25, -0.2) is 4.98 Å². The molecule has 1 aromatic heterocycles. The molecule has 4 amide bonds. The Morgan fingerprint density at radius 1 is 0.958 bits per heavy atom. The number of carbonyl (C=O) groups is 5. The topological polar surface area (TPSA) is 158 Å². The minimum absolute atomic E-state index is 0.0561. The van der Waals surface area contributed by atoms with Gasteiger partial charge in [0.1, 0.15) is 28.5 Å². The predicted molar refractivity (Wildman–Crippen MR) is 183 cm³/mol. The van der Waals surface area contributed by atoms with Gasteiger partial charge < -0.3 is 30.3 Å². The van der Waals surface area contributed by atoms with Gasteiger partial charge in [0.25, 0.3) is 11.8 Å². The van der Waals surface area contributed by atoms with E-state index >= 15 is 0 Å². The summed E-state index contributed by atoms with van der Waals surface area (Å²) in [5.74, 6) is -3.97. The van der Waals surface area contributed by atoms with Gasteiger partial charge in [-0.15, -0.1) is 11.3 Å². The molecule has 2 bridgehead atoms. The van der Waals surface area contributed by atoms with Crippen LogP contribution >= 0.6 is 11.3 Å². The smallest absolute Gasteiger partial charge is 0.311 e. The van der Waals surface area contributed by atoms with E-state index in [1.54, 1.807) is 38.3 Å². The SMILES string of the molecule is CCCC1NC(=O)c2csc(n2)C(C)NC(=O)C(C(C)C)N(C)C(=O)C(Cc2ccc(O)cc2)N(C)C(=O)C(C(C)CC)OC(=O)C1C. The van der Waals surface area contributed by atoms with Gasteiger partial charge in [0.2, 0.25) is 11.8 Å². The number of rotatable bonds is 7. The third-order valence-corrected chi connectivity index (χ3v) is 10.2. The molecule has 264 valence electrons. The number of nitrogens with zero attached hydrogens (tertiary/aromatic N) is 3. The predicted octanol–water partition coefficient (Wildman–Crippen LogP) is 4.08. The molecule has 1 aromatic carbocycles. The number of phenolic OH excluding ortho intramolecular Hbond substituents is 1. The van der Waals surface area contributed by atoms with Gasteiger partial charge in [-0.1, -0.05) is 53.2 Å². The van der Waals surface area contributed by atoms with Gasteiger partial charge in [0, 0.05) is 37.9 Å². The summed E-state index contributed by atoms with van der Waals surface area (Å²) in [6, 6.07) is 3.21. The van der Waals surface area contributed by atoms with Crippen LogP contribution < -0.4 is 10.6 Å². The lowest BCUT2D eigenvalue weighted by molar-refractivity contribution is -0.169. The minimum Gasteiger partial charge on any atom is -0.508 e. The number of hydrogen-bond acceptors (Lipinski definition) is 9. The van der Waals surface area contributed by atoms with Crippen LogP contribution in [-0.2, 0) is 30.3 Å². The zero-order chi connectivity index (χ0) is 35.9. The van der Waals surface area contributed by atoms with E-state index in [-0.39, 0.29) is 23.8 Å². The lowest BCUT2D eigenvalue weighted by Gasteiger charge is -2.38. The van der Waals surface area contributed by atoms with Crippen molar-refractivity contribution in [2.75, 3.05) is 14.1 Å². The molecule has 2 aromatic rings. The van der Waals surface area contributed by atoms with E-state index in [1.165, 1.54) is 47.4 Å². The Labute approximate surface area is 287 Å². The van der Waals surface area contributed by atoms with Crippen LogP contribution in [-0.4, -0.2) is 87.8 Å². The highest BCUT2D eigenvalue weighted by molar-refractivity contribution is 7.09. The number of fused-ring (bicyclic) bond motifs is 2. The van der Waals surface area contributed by atoms with Crippen molar-refractivity contribution in [3.63, 3.8) is 0 Å². The summed E-state index contributed by atoms with van der Waals surface area (Å²) in [5, 5.41) is 17.9. The number of ether oxygens (including phenoxy) is 1. The lowest BCUT2D eigenvalue weighted by atomic mass is 9.95. The van der Waals surface area contributed by atoms with Gasteiger partial charge in [0.05, 0.1) is 12.0 Å². The van der Waals surface area contributed by atoms with Crippen molar-refractivity contribution >= 4 is 40.9 Å². The summed E-state index contributed by atoms with van der Waals surface area (Å²) >= 11 is 1.23. The molecule has 1 aliphatic heterocycles. The number of benzene rings is 1. The molecule has 13 heteroatoms. The normalized spacial score (nSPS) is 25.9. The molecule has 12 nitrogen and oxygen atoms in total. The molecule has 48 heavy (non-hydrogen) atoms. The zero-order valence-electron chi connectivity index (χ0n) is 29.5. The number of cyclic esters (lactones) is 1. The Hall–Kier alpha value is -4.00. The third-order valence-electron chi connectivity index (χ3n) is 9.15. The molecule has 2 heterocycles. The fourth-order valence-electron chi connectivity index (χ4n) is 5.87. The van der Waals surface area contributed by atoms with Gasteiger partial charge in [0.15, 0.2) is 6.10 Å². The molecule has 0 radical (unpaired) electrons. The van der Waals surface area contributed by atoms with Crippen molar-refractivity contribution in [1.29, 1.82) is 0 Å². The first-order valence-electron chi connectivity index (χ1n) is 16.7. The number of amides is 4. The Morgan fingerprint density at radius 2 is 1.60 bits per heavy atom. The van der Waals surface area contributed by atoms with Crippen molar-refractivity contribution in [3.8, 4) is 5.75 Å². The average molecular weight is 686 g/mol. The van der Waals surface area contributed by atoms with E-state index in [1.807, 2.05) is 27.7 Å². The molecule has 0 fully saturated rings. The molecular formula is C35H51N5O7S. The molecule has 3 N–H and O–H groups in total. The summed E-state index contributed by atoms with van der Waals surface area (Å²) < 4.78 is 5.95. The second kappa shape index (κ2) is 16.9. The standard InChI is InChI=1S/C35H51N5O7S/c1-10-12-25-21(6)35(46)47-29(20(5)11-2)34(45)39(8)27(17-23-13-15-24(41)16-14-23)33(44)40(9)28(19(3)4)31(43)36-22(7)32-38-26(18-48-32)30(42)37-25/h13-16,18-22,25,27-29,41H,10-12,17H2,1-9H3,(H,36,43)(H,37,42).